The van der Waals surface area contributed by atoms with Crippen LogP contribution in [0, 0.1) is 11.3 Å². The highest BCUT2D eigenvalue weighted by molar-refractivity contribution is 5.74. The molecule has 0 fully saturated rings. The molecule has 2 aromatic carbocycles. The van der Waals surface area contributed by atoms with Crippen LogP contribution in [-0.2, 0) is 6.42 Å². The number of benzene rings is 2. The first-order valence-electron chi connectivity index (χ1n) is 6.17. The van der Waals surface area contributed by atoms with Crippen LogP contribution in [0.15, 0.2) is 48.5 Å². The van der Waals surface area contributed by atoms with Crippen LogP contribution in [0.1, 0.15) is 18.1 Å². The molecule has 3 rings (SSSR count). The van der Waals surface area contributed by atoms with E-state index >= 15 is 0 Å². The van der Waals surface area contributed by atoms with Gasteiger partial charge in [-0.15, -0.1) is 0 Å². The fourth-order valence-corrected chi connectivity index (χ4v) is 2.71. The number of rotatable bonds is 1. The van der Waals surface area contributed by atoms with E-state index in [4.69, 9.17) is 0 Å². The number of nitrogens with zero attached hydrogens (tertiary/aromatic N) is 2. The van der Waals surface area contributed by atoms with Crippen LogP contribution < -0.4 is 4.90 Å². The van der Waals surface area contributed by atoms with E-state index in [0.717, 1.165) is 17.7 Å². The SMILES string of the molecule is CC1Cc2ccccc2N1c1ccccc1C#N. The third-order valence-electron chi connectivity index (χ3n) is 3.49. The molecule has 1 aliphatic rings. The van der Waals surface area contributed by atoms with Gasteiger partial charge in [-0.25, -0.2) is 0 Å². The molecule has 0 N–H and O–H groups in total. The van der Waals surface area contributed by atoms with Gasteiger partial charge in [-0.2, -0.15) is 5.26 Å². The molecule has 1 atom stereocenters. The molecule has 0 amide bonds. The summed E-state index contributed by atoms with van der Waals surface area (Å²) in [6.45, 7) is 2.20. The van der Waals surface area contributed by atoms with Crippen LogP contribution in [-0.4, -0.2) is 6.04 Å². The molecule has 1 aliphatic heterocycles. The van der Waals surface area contributed by atoms with Crippen LogP contribution in [0.4, 0.5) is 11.4 Å². The molecule has 1 heterocycles. The lowest BCUT2D eigenvalue weighted by Crippen LogP contribution is -2.24. The monoisotopic (exact) mass is 234 g/mol. The quantitative estimate of drug-likeness (QED) is 0.753. The van der Waals surface area contributed by atoms with Crippen molar-refractivity contribution >= 4 is 11.4 Å². The van der Waals surface area contributed by atoms with Gasteiger partial charge in [0.15, 0.2) is 0 Å². The van der Waals surface area contributed by atoms with Gasteiger partial charge in [0.05, 0.1) is 11.3 Å². The van der Waals surface area contributed by atoms with Crippen LogP contribution in [0.2, 0.25) is 0 Å². The molecule has 0 saturated carbocycles. The number of nitriles is 1. The molecule has 0 bridgehead atoms. The van der Waals surface area contributed by atoms with Gasteiger partial charge in [0.2, 0.25) is 0 Å². The van der Waals surface area contributed by atoms with Gasteiger partial charge in [-0.1, -0.05) is 30.3 Å². The Morgan fingerprint density at radius 3 is 2.50 bits per heavy atom. The average molecular weight is 234 g/mol. The molecule has 2 heteroatoms. The maximum Gasteiger partial charge on any atom is 0.101 e. The Morgan fingerprint density at radius 2 is 1.72 bits per heavy atom. The van der Waals surface area contributed by atoms with Gasteiger partial charge in [0, 0.05) is 11.7 Å². The van der Waals surface area contributed by atoms with Crippen molar-refractivity contribution in [2.45, 2.75) is 19.4 Å². The third-order valence-corrected chi connectivity index (χ3v) is 3.49. The van der Waals surface area contributed by atoms with Crippen molar-refractivity contribution in [3.63, 3.8) is 0 Å². The predicted octanol–water partition coefficient (Wildman–Crippen LogP) is 3.64. The zero-order valence-electron chi connectivity index (χ0n) is 10.3. The first-order chi connectivity index (χ1) is 8.81. The Balaban J connectivity index is 2.15. The number of anilines is 2. The minimum Gasteiger partial charge on any atom is -0.337 e. The maximum absolute atomic E-state index is 9.24. The minimum atomic E-state index is 0.400. The topological polar surface area (TPSA) is 27.0 Å². The summed E-state index contributed by atoms with van der Waals surface area (Å²) in [6, 6.07) is 18.9. The lowest BCUT2D eigenvalue weighted by molar-refractivity contribution is 0.758. The Kier molecular flexibility index (Phi) is 2.53. The van der Waals surface area contributed by atoms with Crippen molar-refractivity contribution < 1.29 is 0 Å². The van der Waals surface area contributed by atoms with Gasteiger partial charge in [-0.05, 0) is 37.1 Å². The largest absolute Gasteiger partial charge is 0.337 e. The zero-order valence-corrected chi connectivity index (χ0v) is 10.3. The lowest BCUT2D eigenvalue weighted by atomic mass is 10.1. The molecule has 1 unspecified atom stereocenters. The van der Waals surface area contributed by atoms with Crippen LogP contribution in [0.25, 0.3) is 0 Å². The summed E-state index contributed by atoms with van der Waals surface area (Å²) >= 11 is 0. The molecule has 0 saturated heterocycles. The Morgan fingerprint density at radius 1 is 1.06 bits per heavy atom. The summed E-state index contributed by atoms with van der Waals surface area (Å²) in [7, 11) is 0. The van der Waals surface area contributed by atoms with E-state index < -0.39 is 0 Å². The Hall–Kier alpha value is -2.27. The van der Waals surface area contributed by atoms with Gasteiger partial charge in [0.25, 0.3) is 0 Å². The predicted molar refractivity (Wildman–Crippen MR) is 72.9 cm³/mol. The summed E-state index contributed by atoms with van der Waals surface area (Å²) in [5, 5.41) is 9.24. The Labute approximate surface area is 107 Å². The van der Waals surface area contributed by atoms with Crippen molar-refractivity contribution in [2.24, 2.45) is 0 Å². The second-order valence-corrected chi connectivity index (χ2v) is 4.68. The molecule has 2 aromatic rings. The van der Waals surface area contributed by atoms with Crippen LogP contribution in [0.5, 0.6) is 0 Å². The minimum absolute atomic E-state index is 0.400. The smallest absolute Gasteiger partial charge is 0.101 e. The first-order valence-corrected chi connectivity index (χ1v) is 6.17. The molecular formula is C16H14N2. The fourth-order valence-electron chi connectivity index (χ4n) is 2.71. The average Bonchev–Trinajstić information content (AvgIpc) is 2.74. The van der Waals surface area contributed by atoms with Crippen molar-refractivity contribution in [1.82, 2.24) is 0 Å². The maximum atomic E-state index is 9.24. The lowest BCUT2D eigenvalue weighted by Gasteiger charge is -2.25. The highest BCUT2D eigenvalue weighted by atomic mass is 15.2. The van der Waals surface area contributed by atoms with Crippen molar-refractivity contribution in [3.05, 3.63) is 59.7 Å². The Bertz CT molecular complexity index is 625. The van der Waals surface area contributed by atoms with Crippen molar-refractivity contribution in [3.8, 4) is 6.07 Å². The van der Waals surface area contributed by atoms with Gasteiger partial charge in [-0.3, -0.25) is 0 Å². The van der Waals surface area contributed by atoms with Crippen molar-refractivity contribution in [2.75, 3.05) is 4.90 Å². The molecule has 88 valence electrons. The highest BCUT2D eigenvalue weighted by Gasteiger charge is 2.27. The highest BCUT2D eigenvalue weighted by Crippen LogP contribution is 2.39. The summed E-state index contributed by atoms with van der Waals surface area (Å²) < 4.78 is 0. The molecule has 0 aliphatic carbocycles. The van der Waals surface area contributed by atoms with Crippen molar-refractivity contribution in [1.29, 1.82) is 5.26 Å². The van der Waals surface area contributed by atoms with Gasteiger partial charge >= 0.3 is 0 Å². The molecule has 18 heavy (non-hydrogen) atoms. The second-order valence-electron chi connectivity index (χ2n) is 4.68. The number of para-hydroxylation sites is 2. The van der Waals surface area contributed by atoms with E-state index in [0.29, 0.717) is 6.04 Å². The molecule has 0 radical (unpaired) electrons. The van der Waals surface area contributed by atoms with Crippen LogP contribution >= 0.6 is 0 Å². The molecule has 2 nitrogen and oxygen atoms in total. The van der Waals surface area contributed by atoms with E-state index in [2.05, 4.69) is 42.2 Å². The summed E-state index contributed by atoms with van der Waals surface area (Å²) in [5.41, 5.74) is 4.34. The van der Waals surface area contributed by atoms with Gasteiger partial charge < -0.3 is 4.90 Å². The first kappa shape index (κ1) is 10.9. The molecular weight excluding hydrogens is 220 g/mol. The molecule has 0 aromatic heterocycles. The van der Waals surface area contributed by atoms with E-state index in [9.17, 15) is 5.26 Å². The van der Waals surface area contributed by atoms with E-state index in [1.54, 1.807) is 0 Å². The zero-order chi connectivity index (χ0) is 12.5. The fraction of sp³-hybridized carbons (Fsp3) is 0.188. The summed E-state index contributed by atoms with van der Waals surface area (Å²) in [5.74, 6) is 0. The van der Waals surface area contributed by atoms with E-state index in [1.165, 1.54) is 11.3 Å². The van der Waals surface area contributed by atoms with E-state index in [-0.39, 0.29) is 0 Å². The standard InChI is InChI=1S/C16H14N2/c1-12-10-13-6-2-4-8-15(13)18(12)16-9-5-3-7-14(16)11-17/h2-9,12H,10H2,1H3. The van der Waals surface area contributed by atoms with Gasteiger partial charge in [0.1, 0.15) is 6.07 Å². The van der Waals surface area contributed by atoms with E-state index in [1.807, 2.05) is 24.3 Å². The van der Waals surface area contributed by atoms with Crippen LogP contribution in [0.3, 0.4) is 0 Å². The number of hydrogen-bond acceptors (Lipinski definition) is 2. The summed E-state index contributed by atoms with van der Waals surface area (Å²) in [6.07, 6.45) is 1.04. The normalized spacial score (nSPS) is 17.3. The number of hydrogen-bond donors (Lipinski definition) is 0. The summed E-state index contributed by atoms with van der Waals surface area (Å²) in [4.78, 5) is 2.27. The second kappa shape index (κ2) is 4.19. The molecule has 0 spiro atoms. The number of fused-ring (bicyclic) bond motifs is 1. The third kappa shape index (κ3) is 1.56.